The molecular formula is C67H70N14O10S6. The number of aliphatic hydroxyl groups is 1. The molecule has 0 spiro atoms. The zero-order valence-corrected chi connectivity index (χ0v) is 58.3. The lowest BCUT2D eigenvalue weighted by molar-refractivity contribution is -0.143. The van der Waals surface area contributed by atoms with E-state index in [1.165, 1.54) is 45.3 Å². The predicted molar refractivity (Wildman–Crippen MR) is 372 cm³/mol. The Kier molecular flexibility index (Phi) is 21.1. The minimum Gasteiger partial charge on any atom is -0.492 e. The van der Waals surface area contributed by atoms with Crippen LogP contribution in [0.2, 0.25) is 0 Å². The number of pyridine rings is 1. The van der Waals surface area contributed by atoms with Gasteiger partial charge < -0.3 is 51.8 Å². The quantitative estimate of drug-likeness (QED) is 0.0473. The van der Waals surface area contributed by atoms with Gasteiger partial charge >= 0.3 is 5.97 Å². The van der Waals surface area contributed by atoms with Gasteiger partial charge in [-0.25, -0.2) is 34.9 Å². The highest BCUT2D eigenvalue weighted by molar-refractivity contribution is 7.15. The molecule has 1 saturated carbocycles. The molecule has 7 aromatic heterocycles. The molecule has 97 heavy (non-hydrogen) atoms. The van der Waals surface area contributed by atoms with Gasteiger partial charge in [-0.3, -0.25) is 33.6 Å². The zero-order chi connectivity index (χ0) is 68.2. The van der Waals surface area contributed by atoms with Crippen molar-refractivity contribution in [1.29, 1.82) is 0 Å². The van der Waals surface area contributed by atoms with Crippen molar-refractivity contribution in [3.63, 3.8) is 0 Å². The first-order chi connectivity index (χ1) is 46.8. The Labute approximate surface area is 582 Å². The normalized spacial score (nSPS) is 21.1. The topological polar surface area (TPSA) is 340 Å². The van der Waals surface area contributed by atoms with Crippen molar-refractivity contribution in [3.8, 4) is 49.1 Å². The molecule has 3 aliphatic rings. The van der Waals surface area contributed by atoms with Gasteiger partial charge in [-0.05, 0) is 81.1 Å². The van der Waals surface area contributed by atoms with E-state index >= 15 is 4.79 Å². The summed E-state index contributed by atoms with van der Waals surface area (Å²) >= 11 is 7.26. The molecule has 8 N–H and O–H groups in total. The number of carbonyl (C=O) groups excluding carboxylic acids is 6. The molecule has 1 aliphatic carbocycles. The van der Waals surface area contributed by atoms with Crippen LogP contribution < -0.4 is 31.7 Å². The summed E-state index contributed by atoms with van der Waals surface area (Å²) in [5.74, 6) is -5.00. The Morgan fingerprint density at radius 3 is 2.08 bits per heavy atom. The Morgan fingerprint density at radius 2 is 1.35 bits per heavy atom. The van der Waals surface area contributed by atoms with Crippen LogP contribution in [0.4, 0.5) is 0 Å². The number of carboxylic acid groups (broad SMARTS) is 1. The van der Waals surface area contributed by atoms with Crippen molar-refractivity contribution in [1.82, 2.24) is 66.0 Å². The Balaban J connectivity index is 0.920. The van der Waals surface area contributed by atoms with Crippen LogP contribution in [0.15, 0.2) is 93.6 Å². The van der Waals surface area contributed by atoms with Crippen LogP contribution >= 0.6 is 68.0 Å². The smallest absolute Gasteiger partial charge is 0.306 e. The third-order valence-corrected chi connectivity index (χ3v) is 23.3. The number of carboxylic acids is 1. The number of rotatable bonds is 16. The van der Waals surface area contributed by atoms with Gasteiger partial charge in [0.2, 0.25) is 11.8 Å². The second-order valence-electron chi connectivity index (χ2n) is 24.1. The van der Waals surface area contributed by atoms with Crippen LogP contribution in [0.3, 0.4) is 0 Å². The average molecular weight is 1420 g/mol. The zero-order valence-electron chi connectivity index (χ0n) is 53.4. The summed E-state index contributed by atoms with van der Waals surface area (Å²) in [5, 5.41) is 44.2. The summed E-state index contributed by atoms with van der Waals surface area (Å²) < 4.78 is 6.11. The maximum absolute atomic E-state index is 15.5. The van der Waals surface area contributed by atoms with E-state index in [0.29, 0.717) is 96.3 Å². The standard InChI is InChI=1S/C67H70N14O10S6/c1-6-80(7-2)23-24-91-40-19-13-36(14-20-40)25-44-66(88)81-27-50(82)34(4)55(81)65-77-49(32-96-65)62-73-45(28-93-62)54-41(21-22-42(70-54)61-75-46(30-94-61)56(84)69-39-17-15-38(16-18-39)67(89)90)60-74-47(29-92-60)57(85)71-43(26-51(68)83)63-79-53(35(5)97-63)59(87)78-52(33(3)37-11-9-8-10-12-37)64-76-48(31-95-64)58(86)72-44/h8-14,19-22,28-34,38-39,43-44,50,52,55,82H,6-7,15-18,23-27H2,1-5H3,(H2,68,83)(H,69,84)(H,71,85)(H,72,86)(H,78,87)(H,89,90)/t33-,34+,38?,39?,43+,44+,50+,52+,55+/m1/s1. The number of nitrogens with one attached hydrogen (secondary N) is 4. The molecule has 1 saturated heterocycles. The first-order valence-corrected chi connectivity index (χ1v) is 37.0. The summed E-state index contributed by atoms with van der Waals surface area (Å²) in [6, 6.07) is 16.4. The second kappa shape index (κ2) is 30.0. The van der Waals surface area contributed by atoms with Gasteiger partial charge in [0.05, 0.1) is 42.3 Å². The van der Waals surface area contributed by atoms with Crippen LogP contribution in [0.5, 0.6) is 5.75 Å². The van der Waals surface area contributed by atoms with Crippen molar-refractivity contribution in [2.24, 2.45) is 17.6 Å². The molecule has 504 valence electrons. The number of hydrogen-bond acceptors (Lipinski definition) is 23. The number of fused-ring (bicyclic) bond motifs is 16. The molecule has 6 amide bonds. The SMILES string of the molecule is CCN(CC)CCOc1ccc(C[C@@H]2NC(=O)c3csc(n3)[C@H]([C@H](C)c3ccccc3)NC(=O)c3nc(sc3C)[C@H](CC(N)=O)NC(=O)c3csc(n3)-c3ccc(-c4nc(C(=O)NC5CCC(C(=O)O)CC5)cs4)nc3-c3csc(n3)-c3csc(n3)[C@@H]3[C@@H](C)[C@@H](O)CN3C2=O)cc1. The number of amides is 6. The molecule has 10 bridgehead atoms. The number of nitrogens with two attached hydrogens (primary N) is 1. The summed E-state index contributed by atoms with van der Waals surface area (Å²) in [7, 11) is 0. The lowest BCUT2D eigenvalue weighted by Crippen LogP contribution is -2.50. The summed E-state index contributed by atoms with van der Waals surface area (Å²) in [6.45, 7) is 12.7. The van der Waals surface area contributed by atoms with E-state index in [0.717, 1.165) is 53.4 Å². The van der Waals surface area contributed by atoms with E-state index in [2.05, 4.69) is 40.0 Å². The highest BCUT2D eigenvalue weighted by Gasteiger charge is 2.46. The van der Waals surface area contributed by atoms with Gasteiger partial charge in [0.15, 0.2) is 0 Å². The number of primary amides is 1. The Morgan fingerprint density at radius 1 is 0.701 bits per heavy atom. The number of hydrogen-bond donors (Lipinski definition) is 7. The number of carbonyl (C=O) groups is 7. The molecular weight excluding hydrogens is 1350 g/mol. The first-order valence-electron chi connectivity index (χ1n) is 31.8. The molecule has 24 nitrogen and oxygen atoms in total. The first kappa shape index (κ1) is 68.3. The molecule has 0 radical (unpaired) electrons. The van der Waals surface area contributed by atoms with Gasteiger partial charge in [0.25, 0.3) is 23.6 Å². The van der Waals surface area contributed by atoms with Crippen LogP contribution in [-0.4, -0.2) is 147 Å². The number of aromatic nitrogens is 7. The van der Waals surface area contributed by atoms with Crippen molar-refractivity contribution in [2.75, 3.05) is 32.8 Å². The number of ether oxygens (including phenoxy) is 1. The van der Waals surface area contributed by atoms with Crippen molar-refractivity contribution < 1.29 is 48.5 Å². The van der Waals surface area contributed by atoms with E-state index in [-0.39, 0.29) is 59.1 Å². The largest absolute Gasteiger partial charge is 0.492 e. The van der Waals surface area contributed by atoms with Gasteiger partial charge in [-0.2, -0.15) is 0 Å². The third-order valence-electron chi connectivity index (χ3n) is 17.8. The van der Waals surface area contributed by atoms with Gasteiger partial charge in [-0.15, -0.1) is 68.0 Å². The number of nitrogens with zero attached hydrogens (tertiary/aromatic N) is 9. The maximum Gasteiger partial charge on any atom is 0.306 e. The number of aliphatic carboxylic acids is 1. The van der Waals surface area contributed by atoms with Crippen molar-refractivity contribution in [3.05, 3.63) is 147 Å². The lowest BCUT2D eigenvalue weighted by atomic mass is 9.86. The molecule has 7 atom stereocenters. The van der Waals surface area contributed by atoms with Crippen LogP contribution in [0.25, 0.3) is 43.4 Å². The molecule has 2 fully saturated rings. The van der Waals surface area contributed by atoms with E-state index in [9.17, 15) is 39.0 Å². The monoisotopic (exact) mass is 1420 g/mol. The molecule has 9 aromatic rings. The van der Waals surface area contributed by atoms with Gasteiger partial charge in [0.1, 0.15) is 88.3 Å². The number of benzene rings is 2. The molecule has 30 heteroatoms. The minimum atomic E-state index is -1.18. The van der Waals surface area contributed by atoms with Crippen LogP contribution in [-0.2, 0) is 20.8 Å². The summed E-state index contributed by atoms with van der Waals surface area (Å²) in [5.41, 5.74) is 9.78. The number of aryl methyl sites for hydroxylation is 1. The summed E-state index contributed by atoms with van der Waals surface area (Å²) in [6.07, 6.45) is 0.719. The molecule has 2 aromatic carbocycles. The number of thiazole rings is 6. The van der Waals surface area contributed by atoms with Crippen LogP contribution in [0.1, 0.15) is 157 Å². The van der Waals surface area contributed by atoms with E-state index in [1.807, 2.05) is 79.2 Å². The molecule has 9 heterocycles. The lowest BCUT2D eigenvalue weighted by Gasteiger charge is -2.29. The minimum absolute atomic E-state index is 0.00103. The Hall–Kier alpha value is -8.62. The maximum atomic E-state index is 15.5. The number of likely N-dealkylation sites (N-methyl/N-ethyl adjacent to an activating group) is 1. The fourth-order valence-electron chi connectivity index (χ4n) is 12.2. The van der Waals surface area contributed by atoms with E-state index < -0.39 is 83.5 Å². The van der Waals surface area contributed by atoms with Crippen molar-refractivity contribution >= 4 is 109 Å². The highest BCUT2D eigenvalue weighted by atomic mass is 32.1. The Bertz CT molecular complexity index is 4360. The number of aliphatic hydroxyl groups excluding tert-OH is 1. The fourth-order valence-corrected chi connectivity index (χ4v) is 17.6. The highest BCUT2D eigenvalue weighted by Crippen LogP contribution is 2.43. The second-order valence-corrected chi connectivity index (χ2v) is 29.7. The third kappa shape index (κ3) is 15.4. The fraction of sp³-hybridized carbons (Fsp3) is 0.373. The van der Waals surface area contributed by atoms with Crippen LogP contribution in [0, 0.1) is 18.8 Å². The van der Waals surface area contributed by atoms with Gasteiger partial charge in [-0.1, -0.05) is 70.2 Å². The molecule has 12 rings (SSSR count). The predicted octanol–water partition coefficient (Wildman–Crippen LogP) is 9.75. The molecule has 0 unspecified atom stereocenters. The molecule has 2 aliphatic heterocycles. The summed E-state index contributed by atoms with van der Waals surface area (Å²) in [4.78, 5) is 136. The van der Waals surface area contributed by atoms with E-state index in [1.54, 1.807) is 40.1 Å². The average Bonchev–Trinajstić information content (AvgIpc) is 1.72. The van der Waals surface area contributed by atoms with Gasteiger partial charge in [0, 0.05) is 74.7 Å². The van der Waals surface area contributed by atoms with E-state index in [4.69, 9.17) is 45.4 Å². The van der Waals surface area contributed by atoms with Crippen molar-refractivity contribution in [2.45, 2.75) is 115 Å².